The fourth-order valence-electron chi connectivity index (χ4n) is 1.56. The first-order chi connectivity index (χ1) is 7.63. The molecule has 1 radical (unpaired) electrons. The molecule has 2 heteroatoms. The van der Waals surface area contributed by atoms with Gasteiger partial charge < -0.3 is 5.32 Å². The molecule has 1 amide bonds. The van der Waals surface area contributed by atoms with Gasteiger partial charge in [-0.3, -0.25) is 4.79 Å². The maximum absolute atomic E-state index is 11.2. The fraction of sp³-hybridized carbons (Fsp3) is 0.429. The lowest BCUT2D eigenvalue weighted by Gasteiger charge is -2.11. The first-order valence-electron chi connectivity index (χ1n) is 5.84. The summed E-state index contributed by atoms with van der Waals surface area (Å²) in [6.07, 6.45) is 1.55. The van der Waals surface area contributed by atoms with Gasteiger partial charge in [0.05, 0.1) is 6.54 Å². The molecular weight excluding hydrogens is 198 g/mol. The zero-order valence-electron chi connectivity index (χ0n) is 10.3. The number of carbonyl (C=O) groups excluding carboxylic acids is 1. The van der Waals surface area contributed by atoms with Gasteiger partial charge in [0.2, 0.25) is 5.91 Å². The van der Waals surface area contributed by atoms with Crippen LogP contribution in [-0.4, -0.2) is 5.91 Å². The molecule has 0 aliphatic heterocycles. The average Bonchev–Trinajstić information content (AvgIpc) is 2.26. The Balaban J connectivity index is 2.67. The van der Waals surface area contributed by atoms with E-state index in [0.29, 0.717) is 12.3 Å². The fourth-order valence-corrected chi connectivity index (χ4v) is 1.56. The molecule has 0 saturated heterocycles. The Kier molecular flexibility index (Phi) is 5.03. The van der Waals surface area contributed by atoms with Crippen molar-refractivity contribution in [3.05, 3.63) is 41.9 Å². The standard InChI is InChI=1S/C14H20NO/c1-4-14(16)15-10-13-8-6-5-7-12(13)9-11(2)3/h5-8,10-11H,4,9H2,1-3H3,(H,15,16). The van der Waals surface area contributed by atoms with E-state index in [2.05, 4.69) is 25.2 Å². The molecule has 0 heterocycles. The number of nitrogens with one attached hydrogen (secondary N) is 1. The lowest BCUT2D eigenvalue weighted by Crippen LogP contribution is -2.20. The zero-order valence-corrected chi connectivity index (χ0v) is 10.3. The van der Waals surface area contributed by atoms with Crippen molar-refractivity contribution >= 4 is 5.91 Å². The summed E-state index contributed by atoms with van der Waals surface area (Å²) in [4.78, 5) is 11.2. The molecule has 0 aliphatic carbocycles. The summed E-state index contributed by atoms with van der Waals surface area (Å²) in [7, 11) is 0. The predicted molar refractivity (Wildman–Crippen MR) is 66.8 cm³/mol. The van der Waals surface area contributed by atoms with Crippen LogP contribution in [0.5, 0.6) is 0 Å². The van der Waals surface area contributed by atoms with Crippen LogP contribution in [0.1, 0.15) is 38.3 Å². The van der Waals surface area contributed by atoms with E-state index in [1.54, 1.807) is 0 Å². The second-order valence-electron chi connectivity index (χ2n) is 4.36. The van der Waals surface area contributed by atoms with Gasteiger partial charge in [-0.25, -0.2) is 0 Å². The minimum absolute atomic E-state index is 0.0550. The molecule has 2 nitrogen and oxygen atoms in total. The zero-order chi connectivity index (χ0) is 12.0. The summed E-state index contributed by atoms with van der Waals surface area (Å²) in [5, 5.41) is 2.80. The molecule has 0 unspecified atom stereocenters. The smallest absolute Gasteiger partial charge is 0.220 e. The number of amides is 1. The molecule has 1 aromatic rings. The Morgan fingerprint density at radius 2 is 2.06 bits per heavy atom. The highest BCUT2D eigenvalue weighted by molar-refractivity contribution is 5.76. The molecule has 0 spiro atoms. The van der Waals surface area contributed by atoms with Gasteiger partial charge >= 0.3 is 0 Å². The van der Waals surface area contributed by atoms with E-state index in [1.807, 2.05) is 31.7 Å². The molecule has 87 valence electrons. The van der Waals surface area contributed by atoms with Crippen molar-refractivity contribution in [1.82, 2.24) is 5.32 Å². The van der Waals surface area contributed by atoms with Crippen molar-refractivity contribution in [1.29, 1.82) is 0 Å². The molecule has 1 rings (SSSR count). The first kappa shape index (κ1) is 12.8. The minimum atomic E-state index is 0.0550. The normalized spacial score (nSPS) is 10.5. The van der Waals surface area contributed by atoms with Gasteiger partial charge in [0, 0.05) is 6.42 Å². The molecular formula is C14H20NO. The highest BCUT2D eigenvalue weighted by Gasteiger charge is 2.05. The summed E-state index contributed by atoms with van der Waals surface area (Å²) >= 11 is 0. The summed E-state index contributed by atoms with van der Waals surface area (Å²) in [5.41, 5.74) is 2.40. The van der Waals surface area contributed by atoms with Crippen LogP contribution in [0.4, 0.5) is 0 Å². The second kappa shape index (κ2) is 6.31. The highest BCUT2D eigenvalue weighted by atomic mass is 16.1. The summed E-state index contributed by atoms with van der Waals surface area (Å²) < 4.78 is 0. The Morgan fingerprint density at radius 1 is 1.38 bits per heavy atom. The van der Waals surface area contributed by atoms with E-state index in [0.717, 1.165) is 12.0 Å². The molecule has 1 N–H and O–H groups in total. The summed E-state index contributed by atoms with van der Waals surface area (Å²) in [6, 6.07) is 8.18. The molecule has 0 aliphatic rings. The van der Waals surface area contributed by atoms with E-state index >= 15 is 0 Å². The Bertz CT molecular complexity index is 344. The van der Waals surface area contributed by atoms with Crippen molar-refractivity contribution in [3.63, 3.8) is 0 Å². The van der Waals surface area contributed by atoms with Crippen LogP contribution in [0.15, 0.2) is 24.3 Å². The third-order valence-corrected chi connectivity index (χ3v) is 2.39. The lowest BCUT2D eigenvalue weighted by atomic mass is 9.98. The topological polar surface area (TPSA) is 29.1 Å². The maximum atomic E-state index is 11.2. The summed E-state index contributed by atoms with van der Waals surface area (Å²) in [6.45, 7) is 8.05. The van der Waals surface area contributed by atoms with Crippen LogP contribution >= 0.6 is 0 Å². The largest absolute Gasteiger partial charge is 0.347 e. The van der Waals surface area contributed by atoms with Gasteiger partial charge in [-0.2, -0.15) is 0 Å². The Labute approximate surface area is 98.1 Å². The maximum Gasteiger partial charge on any atom is 0.220 e. The minimum Gasteiger partial charge on any atom is -0.347 e. The molecule has 0 fully saturated rings. The number of benzene rings is 1. The molecule has 0 aromatic heterocycles. The highest BCUT2D eigenvalue weighted by Crippen LogP contribution is 2.14. The Hall–Kier alpha value is -1.31. The van der Waals surface area contributed by atoms with Gasteiger partial charge in [0.25, 0.3) is 0 Å². The van der Waals surface area contributed by atoms with Crippen LogP contribution in [-0.2, 0) is 11.2 Å². The second-order valence-corrected chi connectivity index (χ2v) is 4.36. The van der Waals surface area contributed by atoms with E-state index in [1.165, 1.54) is 5.56 Å². The van der Waals surface area contributed by atoms with Crippen molar-refractivity contribution in [3.8, 4) is 0 Å². The molecule has 0 bridgehead atoms. The third-order valence-electron chi connectivity index (χ3n) is 2.39. The average molecular weight is 218 g/mol. The van der Waals surface area contributed by atoms with E-state index in [-0.39, 0.29) is 5.91 Å². The van der Waals surface area contributed by atoms with Crippen molar-refractivity contribution < 1.29 is 4.79 Å². The van der Waals surface area contributed by atoms with E-state index in [4.69, 9.17) is 0 Å². The van der Waals surface area contributed by atoms with Crippen molar-refractivity contribution in [2.24, 2.45) is 5.92 Å². The predicted octanol–water partition coefficient (Wildman–Crippen LogP) is 2.92. The third kappa shape index (κ3) is 4.05. The van der Waals surface area contributed by atoms with E-state index < -0.39 is 0 Å². The molecule has 16 heavy (non-hydrogen) atoms. The van der Waals surface area contributed by atoms with Gasteiger partial charge in [-0.15, -0.1) is 0 Å². The molecule has 0 atom stereocenters. The SMILES string of the molecule is CCC(=O)N[CH]c1ccccc1CC(C)C. The van der Waals surface area contributed by atoms with E-state index in [9.17, 15) is 4.79 Å². The number of carbonyl (C=O) groups is 1. The molecule has 1 aromatic carbocycles. The van der Waals surface area contributed by atoms with Crippen LogP contribution in [0, 0.1) is 12.5 Å². The number of hydrogen-bond acceptors (Lipinski definition) is 1. The number of rotatable bonds is 5. The van der Waals surface area contributed by atoms with Crippen LogP contribution in [0.2, 0.25) is 0 Å². The monoisotopic (exact) mass is 218 g/mol. The van der Waals surface area contributed by atoms with Gasteiger partial charge in [-0.1, -0.05) is 45.0 Å². The molecule has 0 saturated carbocycles. The summed E-state index contributed by atoms with van der Waals surface area (Å²) in [5.74, 6) is 0.677. The lowest BCUT2D eigenvalue weighted by molar-refractivity contribution is -0.120. The van der Waals surface area contributed by atoms with Crippen LogP contribution < -0.4 is 5.32 Å². The van der Waals surface area contributed by atoms with Crippen molar-refractivity contribution in [2.75, 3.05) is 0 Å². The number of hydrogen-bond donors (Lipinski definition) is 1. The van der Waals surface area contributed by atoms with Crippen LogP contribution in [0.3, 0.4) is 0 Å². The van der Waals surface area contributed by atoms with Gasteiger partial charge in [-0.05, 0) is 23.5 Å². The van der Waals surface area contributed by atoms with Crippen LogP contribution in [0.25, 0.3) is 0 Å². The van der Waals surface area contributed by atoms with Gasteiger partial charge in [0.1, 0.15) is 0 Å². The van der Waals surface area contributed by atoms with Crippen molar-refractivity contribution in [2.45, 2.75) is 33.6 Å². The quantitative estimate of drug-likeness (QED) is 0.809. The first-order valence-corrected chi connectivity index (χ1v) is 5.84. The van der Waals surface area contributed by atoms with Gasteiger partial charge in [0.15, 0.2) is 0 Å². The Morgan fingerprint density at radius 3 is 2.69 bits per heavy atom.